The van der Waals surface area contributed by atoms with Crippen LogP contribution in [0.5, 0.6) is 0 Å². The second-order valence-corrected chi connectivity index (χ2v) is 5.06. The Balaban J connectivity index is 2.32. The van der Waals surface area contributed by atoms with Crippen LogP contribution in [0.15, 0.2) is 48.5 Å². The van der Waals surface area contributed by atoms with Gasteiger partial charge < -0.3 is 10.1 Å². The fourth-order valence-electron chi connectivity index (χ4n) is 2.07. The zero-order valence-electron chi connectivity index (χ0n) is 12.1. The topological polar surface area (TPSA) is 38.3 Å². The van der Waals surface area contributed by atoms with Crippen LogP contribution in [0.2, 0.25) is 5.02 Å². The predicted molar refractivity (Wildman–Crippen MR) is 85.6 cm³/mol. The zero-order valence-corrected chi connectivity index (χ0v) is 12.9. The number of anilines is 1. The third-order valence-electron chi connectivity index (χ3n) is 3.22. The Labute approximate surface area is 129 Å². The number of rotatable bonds is 5. The molecule has 2 aromatic carbocycles. The lowest BCUT2D eigenvalue weighted by Gasteiger charge is -2.20. The molecule has 1 N–H and O–H groups in total. The Kier molecular flexibility index (Phi) is 5.23. The number of hydrogen-bond donors (Lipinski definition) is 1. The van der Waals surface area contributed by atoms with Crippen molar-refractivity contribution in [3.05, 3.63) is 64.7 Å². The summed E-state index contributed by atoms with van der Waals surface area (Å²) in [5.41, 5.74) is 2.59. The van der Waals surface area contributed by atoms with Crippen LogP contribution in [0, 0.1) is 6.92 Å². The van der Waals surface area contributed by atoms with Crippen molar-refractivity contribution in [3.63, 3.8) is 0 Å². The lowest BCUT2D eigenvalue weighted by molar-refractivity contribution is -0.144. The van der Waals surface area contributed by atoms with E-state index in [1.165, 1.54) is 0 Å². The van der Waals surface area contributed by atoms with Gasteiger partial charge in [0.15, 0.2) is 6.04 Å². The molecular weight excluding hydrogens is 286 g/mol. The number of nitrogens with one attached hydrogen (secondary N) is 1. The van der Waals surface area contributed by atoms with Gasteiger partial charge in [0.1, 0.15) is 0 Å². The summed E-state index contributed by atoms with van der Waals surface area (Å²) in [6, 6.07) is 14.5. The van der Waals surface area contributed by atoms with Crippen LogP contribution in [0.4, 0.5) is 5.69 Å². The van der Waals surface area contributed by atoms with E-state index >= 15 is 0 Å². The molecule has 0 aliphatic rings. The Morgan fingerprint density at radius 2 is 1.90 bits per heavy atom. The molecule has 0 radical (unpaired) electrons. The van der Waals surface area contributed by atoms with Crippen LogP contribution in [0.25, 0.3) is 0 Å². The molecule has 110 valence electrons. The third-order valence-corrected chi connectivity index (χ3v) is 3.63. The highest BCUT2D eigenvalue weighted by Crippen LogP contribution is 2.27. The molecule has 1 unspecified atom stereocenters. The van der Waals surface area contributed by atoms with E-state index in [0.717, 1.165) is 16.8 Å². The second-order valence-electron chi connectivity index (χ2n) is 4.65. The number of carbonyl (C=O) groups is 1. The van der Waals surface area contributed by atoms with Gasteiger partial charge in [-0.05, 0) is 37.1 Å². The van der Waals surface area contributed by atoms with Crippen LogP contribution in [-0.2, 0) is 9.53 Å². The van der Waals surface area contributed by atoms with Crippen LogP contribution in [-0.4, -0.2) is 12.6 Å². The summed E-state index contributed by atoms with van der Waals surface area (Å²) in [5.74, 6) is -0.303. The Hall–Kier alpha value is -2.00. The molecule has 0 bridgehead atoms. The summed E-state index contributed by atoms with van der Waals surface area (Å²) in [6.07, 6.45) is 0. The molecule has 0 spiro atoms. The molecule has 21 heavy (non-hydrogen) atoms. The fourth-order valence-corrected chi connectivity index (χ4v) is 2.24. The van der Waals surface area contributed by atoms with E-state index in [1.54, 1.807) is 6.92 Å². The number of halogens is 1. The average molecular weight is 304 g/mol. The molecule has 0 saturated carbocycles. The molecule has 2 aromatic rings. The van der Waals surface area contributed by atoms with Crippen molar-refractivity contribution in [3.8, 4) is 0 Å². The molecule has 0 amide bonds. The number of esters is 1. The predicted octanol–water partition coefficient (Wildman–Crippen LogP) is 4.36. The third kappa shape index (κ3) is 3.76. The highest BCUT2D eigenvalue weighted by molar-refractivity contribution is 6.31. The van der Waals surface area contributed by atoms with E-state index in [9.17, 15) is 4.79 Å². The number of carbonyl (C=O) groups excluding carboxylic acids is 1. The summed E-state index contributed by atoms with van der Waals surface area (Å²) < 4.78 is 5.17. The van der Waals surface area contributed by atoms with Crippen molar-refractivity contribution in [1.29, 1.82) is 0 Å². The van der Waals surface area contributed by atoms with Gasteiger partial charge in [-0.3, -0.25) is 0 Å². The van der Waals surface area contributed by atoms with E-state index in [1.807, 2.05) is 55.5 Å². The molecule has 3 nitrogen and oxygen atoms in total. The van der Waals surface area contributed by atoms with Gasteiger partial charge >= 0.3 is 5.97 Å². The smallest absolute Gasteiger partial charge is 0.333 e. The minimum Gasteiger partial charge on any atom is -0.464 e. The summed E-state index contributed by atoms with van der Waals surface area (Å²) in [5, 5.41) is 3.89. The molecule has 0 saturated heterocycles. The first kappa shape index (κ1) is 15.4. The first-order valence-corrected chi connectivity index (χ1v) is 7.24. The minimum absolute atomic E-state index is 0.303. The standard InChI is InChI=1S/C17H18ClNO2/c1-3-21-17(20)16(13-8-5-4-6-9-13)19-15-11-7-10-14(18)12(15)2/h4-11,16,19H,3H2,1-2H3. The summed E-state index contributed by atoms with van der Waals surface area (Å²) in [7, 11) is 0. The maximum absolute atomic E-state index is 12.2. The number of hydrogen-bond acceptors (Lipinski definition) is 3. The maximum Gasteiger partial charge on any atom is 0.333 e. The van der Waals surface area contributed by atoms with E-state index in [0.29, 0.717) is 11.6 Å². The van der Waals surface area contributed by atoms with Gasteiger partial charge in [0.25, 0.3) is 0 Å². The first-order valence-electron chi connectivity index (χ1n) is 6.86. The van der Waals surface area contributed by atoms with Gasteiger partial charge in [0.05, 0.1) is 6.61 Å². The lowest BCUT2D eigenvalue weighted by Crippen LogP contribution is -2.23. The SMILES string of the molecule is CCOC(=O)C(Nc1cccc(Cl)c1C)c1ccccc1. The summed E-state index contributed by atoms with van der Waals surface area (Å²) in [4.78, 5) is 12.2. The molecule has 0 aliphatic heterocycles. The molecule has 4 heteroatoms. The van der Waals surface area contributed by atoms with Crippen LogP contribution in [0.1, 0.15) is 24.1 Å². The average Bonchev–Trinajstić information content (AvgIpc) is 2.50. The van der Waals surface area contributed by atoms with Gasteiger partial charge in [-0.2, -0.15) is 0 Å². The van der Waals surface area contributed by atoms with E-state index in [2.05, 4.69) is 5.32 Å². The lowest BCUT2D eigenvalue weighted by atomic mass is 10.1. The second kappa shape index (κ2) is 7.14. The molecule has 0 aromatic heterocycles. The van der Waals surface area contributed by atoms with Crippen LogP contribution in [0.3, 0.4) is 0 Å². The van der Waals surface area contributed by atoms with Crippen molar-refractivity contribution in [2.24, 2.45) is 0 Å². The maximum atomic E-state index is 12.2. The van der Waals surface area contributed by atoms with Gasteiger partial charge in [-0.25, -0.2) is 4.79 Å². The molecule has 2 rings (SSSR count). The largest absolute Gasteiger partial charge is 0.464 e. The van der Waals surface area contributed by atoms with Crippen LogP contribution < -0.4 is 5.32 Å². The van der Waals surface area contributed by atoms with Crippen molar-refractivity contribution in [1.82, 2.24) is 0 Å². The zero-order chi connectivity index (χ0) is 15.2. The van der Waals surface area contributed by atoms with Gasteiger partial charge in [-0.15, -0.1) is 0 Å². The summed E-state index contributed by atoms with van der Waals surface area (Å²) in [6.45, 7) is 4.06. The monoisotopic (exact) mass is 303 g/mol. The van der Waals surface area contributed by atoms with Gasteiger partial charge in [-0.1, -0.05) is 48.0 Å². The highest BCUT2D eigenvalue weighted by Gasteiger charge is 2.22. The fraction of sp³-hybridized carbons (Fsp3) is 0.235. The number of ether oxygens (including phenoxy) is 1. The van der Waals surface area contributed by atoms with Gasteiger partial charge in [0.2, 0.25) is 0 Å². The van der Waals surface area contributed by atoms with Crippen molar-refractivity contribution < 1.29 is 9.53 Å². The van der Waals surface area contributed by atoms with E-state index < -0.39 is 6.04 Å². The van der Waals surface area contributed by atoms with Crippen molar-refractivity contribution >= 4 is 23.3 Å². The Morgan fingerprint density at radius 1 is 1.19 bits per heavy atom. The number of benzene rings is 2. The quantitative estimate of drug-likeness (QED) is 0.834. The van der Waals surface area contributed by atoms with E-state index in [-0.39, 0.29) is 5.97 Å². The highest BCUT2D eigenvalue weighted by atomic mass is 35.5. The Bertz CT molecular complexity index is 613. The molecule has 0 fully saturated rings. The molecule has 0 aliphatic carbocycles. The first-order chi connectivity index (χ1) is 10.1. The molecule has 0 heterocycles. The molecular formula is C17H18ClNO2. The Morgan fingerprint density at radius 3 is 2.57 bits per heavy atom. The molecule has 1 atom stereocenters. The van der Waals surface area contributed by atoms with E-state index in [4.69, 9.17) is 16.3 Å². The minimum atomic E-state index is -0.552. The van der Waals surface area contributed by atoms with Crippen LogP contribution >= 0.6 is 11.6 Å². The van der Waals surface area contributed by atoms with Crippen molar-refractivity contribution in [2.45, 2.75) is 19.9 Å². The van der Waals surface area contributed by atoms with Gasteiger partial charge in [0, 0.05) is 10.7 Å². The van der Waals surface area contributed by atoms with Crippen molar-refractivity contribution in [2.75, 3.05) is 11.9 Å². The summed E-state index contributed by atoms with van der Waals surface area (Å²) >= 11 is 6.13. The normalized spacial score (nSPS) is 11.8.